The van der Waals surface area contributed by atoms with Gasteiger partial charge in [-0.15, -0.1) is 11.8 Å². The summed E-state index contributed by atoms with van der Waals surface area (Å²) in [7, 11) is 0. The summed E-state index contributed by atoms with van der Waals surface area (Å²) in [5.74, 6) is 1.01. The fraction of sp³-hybridized carbons (Fsp3) is 0.727. The molecule has 0 bridgehead atoms. The first-order valence-electron chi connectivity index (χ1n) is 4.90. The number of amides is 1. The van der Waals surface area contributed by atoms with Crippen LogP contribution in [0.5, 0.6) is 0 Å². The van der Waals surface area contributed by atoms with Crippen molar-refractivity contribution in [1.82, 2.24) is 5.32 Å². The largest absolute Gasteiger partial charge is 0.350 e. The maximum Gasteiger partial charge on any atom is 0.244 e. The van der Waals surface area contributed by atoms with Crippen LogP contribution in [0.3, 0.4) is 0 Å². The average molecular weight is 215 g/mol. The molecule has 0 aliphatic rings. The zero-order chi connectivity index (χ0) is 11.2. The van der Waals surface area contributed by atoms with E-state index < -0.39 is 0 Å². The Hall–Kier alpha value is -0.440. The molecule has 1 N–H and O–H groups in total. The van der Waals surface area contributed by atoms with Gasteiger partial charge in [0.05, 0.1) is 0 Å². The van der Waals surface area contributed by atoms with Crippen molar-refractivity contribution in [1.29, 1.82) is 0 Å². The van der Waals surface area contributed by atoms with Gasteiger partial charge in [-0.25, -0.2) is 0 Å². The Balaban J connectivity index is 3.68. The van der Waals surface area contributed by atoms with Crippen LogP contribution in [0.1, 0.15) is 34.6 Å². The maximum absolute atomic E-state index is 11.2. The average Bonchev–Trinajstić information content (AvgIpc) is 1.95. The molecule has 0 saturated heterocycles. The van der Waals surface area contributed by atoms with E-state index in [-0.39, 0.29) is 11.9 Å². The molecule has 1 amide bonds. The van der Waals surface area contributed by atoms with Gasteiger partial charge in [-0.3, -0.25) is 4.79 Å². The summed E-state index contributed by atoms with van der Waals surface area (Å²) in [6.45, 7) is 10.5. The molecule has 0 unspecified atom stereocenters. The van der Waals surface area contributed by atoms with Crippen LogP contribution in [-0.4, -0.2) is 17.7 Å². The number of hydrogen-bond acceptors (Lipinski definition) is 2. The molecule has 0 aromatic carbocycles. The van der Waals surface area contributed by atoms with Gasteiger partial charge in [-0.05, 0) is 24.7 Å². The highest BCUT2D eigenvalue weighted by Crippen LogP contribution is 2.20. The number of hydrogen-bond donors (Lipinski definition) is 1. The van der Waals surface area contributed by atoms with Crippen molar-refractivity contribution >= 4 is 17.7 Å². The molecule has 0 rings (SSSR count). The summed E-state index contributed by atoms with van der Waals surface area (Å²) in [4.78, 5) is 11.2. The van der Waals surface area contributed by atoms with Crippen LogP contribution in [0.15, 0.2) is 11.5 Å². The summed E-state index contributed by atoms with van der Waals surface area (Å²) < 4.78 is 0. The predicted octanol–water partition coefficient (Wildman–Crippen LogP) is 2.80. The second kappa shape index (κ2) is 6.12. The normalized spacial score (nSPS) is 12.4. The van der Waals surface area contributed by atoms with Crippen LogP contribution in [0, 0.1) is 5.41 Å². The van der Waals surface area contributed by atoms with Gasteiger partial charge in [-0.2, -0.15) is 0 Å². The number of nitrogens with one attached hydrogen (secondary N) is 1. The van der Waals surface area contributed by atoms with Crippen molar-refractivity contribution in [2.45, 2.75) is 40.7 Å². The van der Waals surface area contributed by atoms with Gasteiger partial charge in [0, 0.05) is 17.9 Å². The number of carbonyl (C=O) groups excluding carboxylic acids is 1. The fourth-order valence-electron chi connectivity index (χ4n) is 0.741. The molecule has 2 nitrogen and oxygen atoms in total. The second-order valence-corrected chi connectivity index (χ2v) is 5.73. The quantitative estimate of drug-likeness (QED) is 0.731. The molecule has 0 spiro atoms. The molecule has 3 heteroatoms. The third-order valence-corrected chi connectivity index (χ3v) is 2.62. The van der Waals surface area contributed by atoms with Crippen LogP contribution in [0.4, 0.5) is 0 Å². The number of carbonyl (C=O) groups is 1. The lowest BCUT2D eigenvalue weighted by atomic mass is 10.0. The molecule has 0 aromatic rings. The molecule has 0 aliphatic heterocycles. The van der Waals surface area contributed by atoms with E-state index >= 15 is 0 Å². The highest BCUT2D eigenvalue weighted by Gasteiger charge is 2.08. The lowest BCUT2D eigenvalue weighted by Crippen LogP contribution is -2.28. The molecule has 82 valence electrons. The van der Waals surface area contributed by atoms with Crippen molar-refractivity contribution in [2.75, 3.05) is 5.75 Å². The summed E-state index contributed by atoms with van der Waals surface area (Å²) in [6, 6.07) is 0.208. The Morgan fingerprint density at radius 3 is 2.43 bits per heavy atom. The monoisotopic (exact) mass is 215 g/mol. The molecule has 0 saturated carbocycles. The van der Waals surface area contributed by atoms with Crippen molar-refractivity contribution in [3.05, 3.63) is 11.5 Å². The smallest absolute Gasteiger partial charge is 0.244 e. The van der Waals surface area contributed by atoms with E-state index in [2.05, 4.69) is 26.1 Å². The van der Waals surface area contributed by atoms with Gasteiger partial charge in [0.15, 0.2) is 0 Å². The Morgan fingerprint density at radius 2 is 2.00 bits per heavy atom. The predicted molar refractivity (Wildman–Crippen MR) is 64.3 cm³/mol. The van der Waals surface area contributed by atoms with Crippen molar-refractivity contribution in [3.63, 3.8) is 0 Å². The number of thioether (sulfide) groups is 1. The molecular weight excluding hydrogens is 194 g/mol. The third-order valence-electron chi connectivity index (χ3n) is 1.26. The van der Waals surface area contributed by atoms with E-state index in [1.807, 2.05) is 19.3 Å². The summed E-state index contributed by atoms with van der Waals surface area (Å²) in [5.41, 5.74) is 0.309. The van der Waals surface area contributed by atoms with E-state index in [0.29, 0.717) is 5.41 Å². The molecule has 0 radical (unpaired) electrons. The first kappa shape index (κ1) is 13.6. The minimum Gasteiger partial charge on any atom is -0.350 e. The zero-order valence-electron chi connectivity index (χ0n) is 9.76. The van der Waals surface area contributed by atoms with Crippen LogP contribution in [0.25, 0.3) is 0 Å². The Kier molecular flexibility index (Phi) is 5.93. The highest BCUT2D eigenvalue weighted by atomic mass is 32.2. The van der Waals surface area contributed by atoms with Gasteiger partial charge in [0.25, 0.3) is 0 Å². The van der Waals surface area contributed by atoms with E-state index in [1.165, 1.54) is 0 Å². The minimum absolute atomic E-state index is 0.0126. The van der Waals surface area contributed by atoms with Crippen LogP contribution >= 0.6 is 11.8 Å². The molecule has 0 aromatic heterocycles. The summed E-state index contributed by atoms with van der Waals surface area (Å²) in [6.07, 6.45) is 1.59. The Labute approximate surface area is 91.5 Å². The second-order valence-electron chi connectivity index (χ2n) is 4.84. The van der Waals surface area contributed by atoms with E-state index in [9.17, 15) is 4.79 Å². The molecular formula is C11H21NOS. The van der Waals surface area contributed by atoms with Crippen molar-refractivity contribution in [2.24, 2.45) is 5.41 Å². The first-order chi connectivity index (χ1) is 6.31. The number of rotatable bonds is 4. The topological polar surface area (TPSA) is 29.1 Å². The zero-order valence-corrected chi connectivity index (χ0v) is 10.6. The molecule has 0 heterocycles. The van der Waals surface area contributed by atoms with Gasteiger partial charge >= 0.3 is 0 Å². The standard InChI is InChI=1S/C11H21NOS/c1-9(2)12-10(13)6-7-14-8-11(3,4)5/h6-7,9H,8H2,1-5H3,(H,12,13)/b7-6+. The first-order valence-corrected chi connectivity index (χ1v) is 5.95. The molecule has 14 heavy (non-hydrogen) atoms. The molecule has 0 aliphatic carbocycles. The van der Waals surface area contributed by atoms with Crippen LogP contribution < -0.4 is 5.32 Å². The van der Waals surface area contributed by atoms with Crippen LogP contribution in [0.2, 0.25) is 0 Å². The van der Waals surface area contributed by atoms with E-state index in [0.717, 1.165) is 5.75 Å². The molecule has 0 atom stereocenters. The van der Waals surface area contributed by atoms with Crippen molar-refractivity contribution in [3.8, 4) is 0 Å². The van der Waals surface area contributed by atoms with Crippen LogP contribution in [-0.2, 0) is 4.79 Å². The third kappa shape index (κ3) is 9.65. The van der Waals surface area contributed by atoms with E-state index in [1.54, 1.807) is 17.8 Å². The SMILES string of the molecule is CC(C)NC(=O)/C=C/SCC(C)(C)C. The van der Waals surface area contributed by atoms with Crippen molar-refractivity contribution < 1.29 is 4.79 Å². The van der Waals surface area contributed by atoms with Gasteiger partial charge in [0.1, 0.15) is 0 Å². The fourth-order valence-corrected chi connectivity index (χ4v) is 1.56. The highest BCUT2D eigenvalue weighted by molar-refractivity contribution is 8.02. The lowest BCUT2D eigenvalue weighted by molar-refractivity contribution is -0.116. The summed E-state index contributed by atoms with van der Waals surface area (Å²) in [5, 5.41) is 4.67. The Bertz CT molecular complexity index is 204. The summed E-state index contributed by atoms with van der Waals surface area (Å²) >= 11 is 1.67. The Morgan fingerprint density at radius 1 is 1.43 bits per heavy atom. The van der Waals surface area contributed by atoms with Gasteiger partial charge in [0.2, 0.25) is 5.91 Å². The lowest BCUT2D eigenvalue weighted by Gasteiger charge is -2.15. The van der Waals surface area contributed by atoms with E-state index in [4.69, 9.17) is 0 Å². The molecule has 0 fully saturated rings. The van der Waals surface area contributed by atoms with Gasteiger partial charge < -0.3 is 5.32 Å². The van der Waals surface area contributed by atoms with Gasteiger partial charge in [-0.1, -0.05) is 20.8 Å². The maximum atomic E-state index is 11.2. The minimum atomic E-state index is -0.0126.